The summed E-state index contributed by atoms with van der Waals surface area (Å²) in [4.78, 5) is 37.3. The number of furan rings is 1. The van der Waals surface area contributed by atoms with Crippen molar-refractivity contribution in [2.45, 2.75) is 32.6 Å². The Morgan fingerprint density at radius 1 is 1.22 bits per heavy atom. The predicted octanol–water partition coefficient (Wildman–Crippen LogP) is 2.40. The lowest BCUT2D eigenvalue weighted by atomic mass is 9.95. The highest BCUT2D eigenvalue weighted by molar-refractivity contribution is 7.17. The van der Waals surface area contributed by atoms with Crippen molar-refractivity contribution in [3.63, 3.8) is 0 Å². The van der Waals surface area contributed by atoms with E-state index >= 15 is 0 Å². The molecule has 0 spiro atoms. The van der Waals surface area contributed by atoms with Crippen molar-refractivity contribution in [3.8, 4) is 0 Å². The van der Waals surface area contributed by atoms with Gasteiger partial charge in [-0.2, -0.15) is 5.10 Å². The number of nitrogens with zero attached hydrogens (tertiary/aromatic N) is 1. The number of rotatable bonds is 4. The molecule has 27 heavy (non-hydrogen) atoms. The van der Waals surface area contributed by atoms with Crippen LogP contribution in [0.3, 0.4) is 0 Å². The maximum atomic E-state index is 12.2. The standard InChI is InChI=1S/C18H19N3O5S/c1-10-7-8-11(26-10)9-19-21-16(23)15(22)20-17-14(18(24)25-2)12-5-3-4-6-13(12)27-17/h7-9H,3-6H2,1-2H3,(H,20,22)(H,21,23)/b19-9+. The van der Waals surface area contributed by atoms with E-state index in [1.54, 1.807) is 19.1 Å². The summed E-state index contributed by atoms with van der Waals surface area (Å²) in [6, 6.07) is 3.44. The number of hydrogen-bond donors (Lipinski definition) is 2. The van der Waals surface area contributed by atoms with Crippen molar-refractivity contribution in [1.82, 2.24) is 5.43 Å². The molecular weight excluding hydrogens is 370 g/mol. The van der Waals surface area contributed by atoms with Crippen molar-refractivity contribution in [2.75, 3.05) is 12.4 Å². The van der Waals surface area contributed by atoms with E-state index in [0.717, 1.165) is 36.1 Å². The van der Waals surface area contributed by atoms with Crippen molar-refractivity contribution in [1.29, 1.82) is 0 Å². The minimum Gasteiger partial charge on any atom is -0.465 e. The molecule has 2 aromatic heterocycles. The maximum Gasteiger partial charge on any atom is 0.341 e. The first-order valence-corrected chi connectivity index (χ1v) is 9.25. The van der Waals surface area contributed by atoms with Crippen LogP contribution >= 0.6 is 11.3 Å². The fourth-order valence-corrected chi connectivity index (χ4v) is 4.13. The largest absolute Gasteiger partial charge is 0.465 e. The summed E-state index contributed by atoms with van der Waals surface area (Å²) in [7, 11) is 1.29. The van der Waals surface area contributed by atoms with Crippen LogP contribution in [0.25, 0.3) is 0 Å². The molecule has 2 aromatic rings. The number of methoxy groups -OCH3 is 1. The number of ether oxygens (including phenoxy) is 1. The van der Waals surface area contributed by atoms with Crippen LogP contribution in [0.5, 0.6) is 0 Å². The van der Waals surface area contributed by atoms with Crippen molar-refractivity contribution in [2.24, 2.45) is 5.10 Å². The van der Waals surface area contributed by atoms with Gasteiger partial charge in [-0.25, -0.2) is 10.2 Å². The lowest BCUT2D eigenvalue weighted by Crippen LogP contribution is -2.32. The molecule has 142 valence electrons. The number of amides is 2. The van der Waals surface area contributed by atoms with Crippen molar-refractivity contribution in [3.05, 3.63) is 39.7 Å². The molecule has 1 aliphatic rings. The molecule has 2 N–H and O–H groups in total. The zero-order chi connectivity index (χ0) is 19.4. The Hall–Kier alpha value is -2.94. The van der Waals surface area contributed by atoms with E-state index < -0.39 is 17.8 Å². The number of carbonyl (C=O) groups excluding carboxylic acids is 3. The van der Waals surface area contributed by atoms with Gasteiger partial charge in [0, 0.05) is 4.88 Å². The van der Waals surface area contributed by atoms with Crippen LogP contribution < -0.4 is 10.7 Å². The van der Waals surface area contributed by atoms with E-state index in [2.05, 4.69) is 15.8 Å². The molecule has 0 saturated carbocycles. The van der Waals surface area contributed by atoms with Gasteiger partial charge in [0.15, 0.2) is 0 Å². The Kier molecular flexibility index (Phi) is 5.70. The molecular formula is C18H19N3O5S. The van der Waals surface area contributed by atoms with E-state index in [4.69, 9.17) is 9.15 Å². The molecule has 0 aliphatic heterocycles. The van der Waals surface area contributed by atoms with Crippen LogP contribution in [0.1, 0.15) is 45.2 Å². The van der Waals surface area contributed by atoms with Gasteiger partial charge in [0.05, 0.1) is 18.9 Å². The molecule has 1 aliphatic carbocycles. The first-order chi connectivity index (χ1) is 13.0. The van der Waals surface area contributed by atoms with Crippen molar-refractivity contribution < 1.29 is 23.5 Å². The Morgan fingerprint density at radius 3 is 2.70 bits per heavy atom. The number of esters is 1. The first-order valence-electron chi connectivity index (χ1n) is 8.43. The molecule has 2 amide bonds. The topological polar surface area (TPSA) is 110 Å². The van der Waals surface area contributed by atoms with Crippen LogP contribution in [0.4, 0.5) is 5.00 Å². The van der Waals surface area contributed by atoms with Gasteiger partial charge in [0.2, 0.25) is 0 Å². The summed E-state index contributed by atoms with van der Waals surface area (Å²) in [5, 5.41) is 6.53. The smallest absolute Gasteiger partial charge is 0.341 e. The van der Waals surface area contributed by atoms with Crippen LogP contribution in [-0.2, 0) is 27.2 Å². The average Bonchev–Trinajstić information content (AvgIpc) is 3.23. The number of anilines is 1. The SMILES string of the molecule is COC(=O)c1c(NC(=O)C(=O)N/N=C/c2ccc(C)o2)sc2c1CCCC2. The Morgan fingerprint density at radius 2 is 2.00 bits per heavy atom. The number of thiophene rings is 1. The quantitative estimate of drug-likeness (QED) is 0.361. The third kappa shape index (κ3) is 4.25. The maximum absolute atomic E-state index is 12.2. The summed E-state index contributed by atoms with van der Waals surface area (Å²) >= 11 is 1.31. The summed E-state index contributed by atoms with van der Waals surface area (Å²) < 4.78 is 10.1. The Balaban J connectivity index is 1.69. The molecule has 0 atom stereocenters. The molecule has 0 bridgehead atoms. The Bertz CT molecular complexity index is 912. The fraction of sp³-hybridized carbons (Fsp3) is 0.333. The summed E-state index contributed by atoms with van der Waals surface area (Å²) in [5.41, 5.74) is 3.38. The number of aryl methyl sites for hydroxylation is 2. The third-order valence-corrected chi connectivity index (χ3v) is 5.32. The Labute approximate surface area is 159 Å². The predicted molar refractivity (Wildman–Crippen MR) is 100 cm³/mol. The van der Waals surface area contributed by atoms with Crippen LogP contribution in [0.2, 0.25) is 0 Å². The highest BCUT2D eigenvalue weighted by Crippen LogP contribution is 2.38. The summed E-state index contributed by atoms with van der Waals surface area (Å²) in [5.74, 6) is -1.22. The lowest BCUT2D eigenvalue weighted by molar-refractivity contribution is -0.136. The van der Waals surface area contributed by atoms with Crippen LogP contribution in [0, 0.1) is 6.92 Å². The number of fused-ring (bicyclic) bond motifs is 1. The number of hydrogen-bond acceptors (Lipinski definition) is 7. The van der Waals surface area contributed by atoms with Gasteiger partial charge >= 0.3 is 17.8 Å². The minimum atomic E-state index is -0.947. The molecule has 0 aromatic carbocycles. The molecule has 8 nitrogen and oxygen atoms in total. The van der Waals surface area contributed by atoms with E-state index in [9.17, 15) is 14.4 Å². The normalized spacial score (nSPS) is 13.3. The molecule has 0 fully saturated rings. The molecule has 3 rings (SSSR count). The monoisotopic (exact) mass is 389 g/mol. The summed E-state index contributed by atoms with van der Waals surface area (Å²) in [6.45, 7) is 1.78. The molecule has 9 heteroatoms. The van der Waals surface area contributed by atoms with Crippen molar-refractivity contribution >= 4 is 40.3 Å². The van der Waals surface area contributed by atoms with Gasteiger partial charge in [-0.1, -0.05) is 0 Å². The first kappa shape index (κ1) is 18.8. The average molecular weight is 389 g/mol. The van der Waals surface area contributed by atoms with Gasteiger partial charge in [0.25, 0.3) is 0 Å². The van der Waals surface area contributed by atoms with E-state index in [1.807, 2.05) is 0 Å². The van der Waals surface area contributed by atoms with Crippen LogP contribution in [0.15, 0.2) is 21.7 Å². The molecule has 0 radical (unpaired) electrons. The highest BCUT2D eigenvalue weighted by Gasteiger charge is 2.28. The van der Waals surface area contributed by atoms with Gasteiger partial charge < -0.3 is 14.5 Å². The van der Waals surface area contributed by atoms with Gasteiger partial charge in [-0.3, -0.25) is 9.59 Å². The number of nitrogens with one attached hydrogen (secondary N) is 2. The molecule has 0 saturated heterocycles. The van der Waals surface area contributed by atoms with E-state index in [0.29, 0.717) is 22.1 Å². The second kappa shape index (κ2) is 8.17. The van der Waals surface area contributed by atoms with Crippen LogP contribution in [-0.4, -0.2) is 31.1 Å². The van der Waals surface area contributed by atoms with Gasteiger partial charge in [-0.05, 0) is 50.3 Å². The highest BCUT2D eigenvalue weighted by atomic mass is 32.1. The van der Waals surface area contributed by atoms with Gasteiger partial charge in [0.1, 0.15) is 16.5 Å². The van der Waals surface area contributed by atoms with E-state index in [1.165, 1.54) is 24.7 Å². The number of carbonyl (C=O) groups is 3. The zero-order valence-electron chi connectivity index (χ0n) is 15.0. The molecule has 2 heterocycles. The fourth-order valence-electron chi connectivity index (χ4n) is 2.86. The molecule has 0 unspecified atom stereocenters. The summed E-state index contributed by atoms with van der Waals surface area (Å²) in [6.07, 6.45) is 4.90. The zero-order valence-corrected chi connectivity index (χ0v) is 15.8. The third-order valence-electron chi connectivity index (χ3n) is 4.11. The number of hydrazone groups is 1. The van der Waals surface area contributed by atoms with E-state index in [-0.39, 0.29) is 0 Å². The second-order valence-corrected chi connectivity index (χ2v) is 7.11. The van der Waals surface area contributed by atoms with Gasteiger partial charge in [-0.15, -0.1) is 11.3 Å². The lowest BCUT2D eigenvalue weighted by Gasteiger charge is -2.11. The minimum absolute atomic E-state index is 0.333. The second-order valence-electron chi connectivity index (χ2n) is 6.01.